The molecule has 2 amide bonds. The normalized spacial score (nSPS) is 20.4. The van der Waals surface area contributed by atoms with Gasteiger partial charge in [-0.05, 0) is 44.0 Å². The molecule has 0 saturated carbocycles. The van der Waals surface area contributed by atoms with Crippen LogP contribution in [0.1, 0.15) is 29.8 Å². The van der Waals surface area contributed by atoms with Crippen molar-refractivity contribution in [1.82, 2.24) is 16.0 Å². The molecule has 0 spiro atoms. The van der Waals surface area contributed by atoms with Gasteiger partial charge in [0.05, 0.1) is 6.04 Å². The number of amides is 2. The summed E-state index contributed by atoms with van der Waals surface area (Å²) in [6.45, 7) is 7.60. The fourth-order valence-electron chi connectivity index (χ4n) is 3.93. The summed E-state index contributed by atoms with van der Waals surface area (Å²) < 4.78 is -0.606. The molecule has 1 unspecified atom stereocenters. The maximum absolute atomic E-state index is 13.3. The molecule has 35 heavy (non-hydrogen) atoms. The number of ketones is 1. The number of carbonyl (C=O) groups is 3. The fraction of sp³-hybridized carbons (Fsp3) is 0.346. The lowest BCUT2D eigenvalue weighted by atomic mass is 9.97. The second-order valence-electron chi connectivity index (χ2n) is 8.90. The molecule has 3 rings (SSSR count). The van der Waals surface area contributed by atoms with Crippen molar-refractivity contribution in [3.63, 3.8) is 0 Å². The van der Waals surface area contributed by atoms with E-state index in [0.29, 0.717) is 6.54 Å². The summed E-state index contributed by atoms with van der Waals surface area (Å²) in [5.41, 5.74) is 1.03. The lowest BCUT2D eigenvalue weighted by Crippen LogP contribution is -2.54. The Bertz CT molecular complexity index is 1080. The molecule has 8 nitrogen and oxygen atoms in total. The van der Waals surface area contributed by atoms with Gasteiger partial charge in [-0.1, -0.05) is 42.5 Å². The molecule has 186 valence electrons. The number of aromatic hydroxyl groups is 1. The summed E-state index contributed by atoms with van der Waals surface area (Å²) in [6, 6.07) is 13.5. The number of aliphatic hydroxyl groups is 1. The van der Waals surface area contributed by atoms with E-state index < -0.39 is 40.0 Å². The molecule has 2 aromatic carbocycles. The van der Waals surface area contributed by atoms with Crippen LogP contribution in [0.5, 0.6) is 5.75 Å². The van der Waals surface area contributed by atoms with E-state index in [1.165, 1.54) is 36.0 Å². The van der Waals surface area contributed by atoms with Gasteiger partial charge in [0.15, 0.2) is 5.78 Å². The Kier molecular flexibility index (Phi) is 8.71. The second kappa shape index (κ2) is 11.5. The first-order valence-electron chi connectivity index (χ1n) is 11.3. The summed E-state index contributed by atoms with van der Waals surface area (Å²) in [6.07, 6.45) is 0.248. The van der Waals surface area contributed by atoms with E-state index in [1.54, 1.807) is 6.08 Å². The SMILES string of the molecule is C=CCNC(=O)[C@H]1NC(C(=O)[C@@H](O)[C@H](Cc2ccccc2)NC(=O)c2cccc(O)c2)SC1(C)C. The Morgan fingerprint density at radius 1 is 1.17 bits per heavy atom. The average molecular weight is 498 g/mol. The van der Waals surface area contributed by atoms with E-state index in [4.69, 9.17) is 0 Å². The largest absolute Gasteiger partial charge is 0.508 e. The number of hydrogen-bond acceptors (Lipinski definition) is 7. The van der Waals surface area contributed by atoms with Gasteiger partial charge in [-0.2, -0.15) is 0 Å². The standard InChI is InChI=1S/C26H31N3O5S/c1-4-13-27-24(34)22-26(2,3)35-25(29-22)21(32)20(31)19(14-16-9-6-5-7-10-16)28-23(33)17-11-8-12-18(30)15-17/h4-12,15,19-20,22,25,29-31H,1,13-14H2,2-3H3,(H,27,34)(H,28,33)/t19-,20-,22+,25?/m0/s1. The molecular weight excluding hydrogens is 466 g/mol. The summed E-state index contributed by atoms with van der Waals surface area (Å²) in [4.78, 5) is 38.8. The minimum atomic E-state index is -1.53. The van der Waals surface area contributed by atoms with Crippen LogP contribution in [-0.4, -0.2) is 62.7 Å². The smallest absolute Gasteiger partial charge is 0.251 e. The predicted octanol–water partition coefficient (Wildman–Crippen LogP) is 1.78. The molecule has 0 radical (unpaired) electrons. The summed E-state index contributed by atoms with van der Waals surface area (Å²) in [5.74, 6) is -1.38. The Labute approximate surface area is 209 Å². The molecular formula is C26H31N3O5S. The topological polar surface area (TPSA) is 128 Å². The van der Waals surface area contributed by atoms with Gasteiger partial charge >= 0.3 is 0 Å². The van der Waals surface area contributed by atoms with Gasteiger partial charge in [-0.3, -0.25) is 19.7 Å². The zero-order valence-electron chi connectivity index (χ0n) is 19.7. The third-order valence-electron chi connectivity index (χ3n) is 5.77. The molecule has 1 fully saturated rings. The van der Waals surface area contributed by atoms with Crippen molar-refractivity contribution in [2.45, 2.75) is 48.6 Å². The van der Waals surface area contributed by atoms with Gasteiger partial charge in [-0.15, -0.1) is 18.3 Å². The monoisotopic (exact) mass is 497 g/mol. The van der Waals surface area contributed by atoms with Gasteiger partial charge in [0.1, 0.15) is 23.3 Å². The lowest BCUT2D eigenvalue weighted by Gasteiger charge is -2.25. The highest BCUT2D eigenvalue weighted by Crippen LogP contribution is 2.38. The molecule has 4 atom stereocenters. The van der Waals surface area contributed by atoms with Crippen molar-refractivity contribution in [3.8, 4) is 5.75 Å². The molecule has 1 aliphatic heterocycles. The van der Waals surface area contributed by atoms with Crippen molar-refractivity contribution in [1.29, 1.82) is 0 Å². The first kappa shape index (κ1) is 26.5. The Morgan fingerprint density at radius 3 is 2.54 bits per heavy atom. The van der Waals surface area contributed by atoms with Crippen molar-refractivity contribution < 1.29 is 24.6 Å². The minimum Gasteiger partial charge on any atom is -0.508 e. The number of aliphatic hydroxyl groups excluding tert-OH is 1. The summed E-state index contributed by atoms with van der Waals surface area (Å²) in [5, 5.41) is 28.5. The molecule has 1 saturated heterocycles. The maximum Gasteiger partial charge on any atom is 0.251 e. The molecule has 1 aliphatic rings. The Hall–Kier alpha value is -3.14. The van der Waals surface area contributed by atoms with Gasteiger partial charge in [0, 0.05) is 16.9 Å². The van der Waals surface area contributed by atoms with Gasteiger partial charge < -0.3 is 20.8 Å². The third kappa shape index (κ3) is 6.72. The van der Waals surface area contributed by atoms with Crippen LogP contribution in [0.15, 0.2) is 67.3 Å². The zero-order valence-corrected chi connectivity index (χ0v) is 20.5. The van der Waals surface area contributed by atoms with Crippen LogP contribution in [0, 0.1) is 0 Å². The molecule has 2 aromatic rings. The highest BCUT2D eigenvalue weighted by molar-refractivity contribution is 8.02. The van der Waals surface area contributed by atoms with E-state index in [9.17, 15) is 24.6 Å². The van der Waals surface area contributed by atoms with E-state index in [1.807, 2.05) is 44.2 Å². The van der Waals surface area contributed by atoms with Crippen LogP contribution in [0.4, 0.5) is 0 Å². The lowest BCUT2D eigenvalue weighted by molar-refractivity contribution is -0.128. The number of thioether (sulfide) groups is 1. The third-order valence-corrected chi connectivity index (χ3v) is 7.22. The molecule has 0 aromatic heterocycles. The van der Waals surface area contributed by atoms with E-state index >= 15 is 0 Å². The predicted molar refractivity (Wildman–Crippen MR) is 136 cm³/mol. The van der Waals surface area contributed by atoms with Crippen LogP contribution < -0.4 is 16.0 Å². The van der Waals surface area contributed by atoms with Crippen LogP contribution in [0.2, 0.25) is 0 Å². The first-order chi connectivity index (χ1) is 16.6. The van der Waals surface area contributed by atoms with Crippen molar-refractivity contribution >= 4 is 29.4 Å². The molecule has 1 heterocycles. The van der Waals surface area contributed by atoms with Crippen LogP contribution >= 0.6 is 11.8 Å². The van der Waals surface area contributed by atoms with Gasteiger partial charge in [-0.25, -0.2) is 0 Å². The van der Waals surface area contributed by atoms with E-state index in [-0.39, 0.29) is 23.6 Å². The number of phenols is 1. The number of Topliss-reactive ketones (excluding diaryl/α,β-unsaturated/α-hetero) is 1. The van der Waals surface area contributed by atoms with Gasteiger partial charge in [0.25, 0.3) is 5.91 Å². The molecule has 5 N–H and O–H groups in total. The number of benzene rings is 2. The second-order valence-corrected chi connectivity index (χ2v) is 10.7. The summed E-state index contributed by atoms with van der Waals surface area (Å²) in [7, 11) is 0. The average Bonchev–Trinajstić information content (AvgIpc) is 3.16. The van der Waals surface area contributed by atoms with Crippen molar-refractivity contribution in [3.05, 3.63) is 78.4 Å². The van der Waals surface area contributed by atoms with Crippen molar-refractivity contribution in [2.75, 3.05) is 6.54 Å². The summed E-state index contributed by atoms with van der Waals surface area (Å²) >= 11 is 1.26. The van der Waals surface area contributed by atoms with Crippen LogP contribution in [0.25, 0.3) is 0 Å². The first-order valence-corrected chi connectivity index (χ1v) is 12.2. The van der Waals surface area contributed by atoms with Crippen molar-refractivity contribution in [2.24, 2.45) is 0 Å². The zero-order chi connectivity index (χ0) is 25.6. The number of carbonyl (C=O) groups excluding carboxylic acids is 3. The minimum absolute atomic E-state index is 0.0663. The Morgan fingerprint density at radius 2 is 1.89 bits per heavy atom. The van der Waals surface area contributed by atoms with E-state index in [0.717, 1.165) is 5.56 Å². The van der Waals surface area contributed by atoms with Crippen LogP contribution in [-0.2, 0) is 16.0 Å². The van der Waals surface area contributed by atoms with E-state index in [2.05, 4.69) is 22.5 Å². The Balaban J connectivity index is 1.79. The maximum atomic E-state index is 13.3. The number of phenolic OH excluding ortho intramolecular Hbond substituents is 1. The van der Waals surface area contributed by atoms with Crippen LogP contribution in [0.3, 0.4) is 0 Å². The highest BCUT2D eigenvalue weighted by atomic mass is 32.2. The molecule has 0 aliphatic carbocycles. The number of rotatable bonds is 10. The highest BCUT2D eigenvalue weighted by Gasteiger charge is 2.49. The number of nitrogens with one attached hydrogen (secondary N) is 3. The van der Waals surface area contributed by atoms with Gasteiger partial charge in [0.2, 0.25) is 5.91 Å². The molecule has 9 heteroatoms. The molecule has 0 bridgehead atoms. The quantitative estimate of drug-likeness (QED) is 0.317. The fourth-order valence-corrected chi connectivity index (χ4v) is 5.30. The number of hydrogen-bond donors (Lipinski definition) is 5.